The molecule has 0 fully saturated rings. The third-order valence-corrected chi connectivity index (χ3v) is 7.54. The fraction of sp³-hybridized carbons (Fsp3) is 0.174. The zero-order valence-corrected chi connectivity index (χ0v) is 17.7. The third-order valence-electron chi connectivity index (χ3n) is 5.03. The number of rotatable bonds is 4. The molecular formula is C23H20FNO2S2. The molecule has 0 bridgehead atoms. The highest BCUT2D eigenvalue weighted by Crippen LogP contribution is 2.43. The first-order chi connectivity index (χ1) is 13.8. The lowest BCUT2D eigenvalue weighted by atomic mass is 9.84. The summed E-state index contributed by atoms with van der Waals surface area (Å²) >= 11 is 1.59. The van der Waals surface area contributed by atoms with E-state index in [2.05, 4.69) is 19.1 Å². The highest BCUT2D eigenvalue weighted by Gasteiger charge is 2.29. The Morgan fingerprint density at radius 3 is 2.24 bits per heavy atom. The molecule has 148 valence electrons. The van der Waals surface area contributed by atoms with Crippen LogP contribution in [-0.2, 0) is 15.3 Å². The standard InChI is InChI=1S/C23H20FNO2S2/c1-23(14-4-3-5-15-23)22-25-20(16-6-10-18(24)11-7-16)21(28-22)17-8-12-19(13-9-17)29(2,26)27/h3-14H,15H2,1-2H3. The monoisotopic (exact) mass is 425 g/mol. The molecule has 3 aromatic rings. The van der Waals surface area contributed by atoms with Crippen LogP contribution in [0.4, 0.5) is 4.39 Å². The van der Waals surface area contributed by atoms with Crippen LogP contribution in [0.1, 0.15) is 18.4 Å². The summed E-state index contributed by atoms with van der Waals surface area (Å²) in [5.74, 6) is -0.296. The van der Waals surface area contributed by atoms with Crippen molar-refractivity contribution in [1.82, 2.24) is 4.98 Å². The van der Waals surface area contributed by atoms with Crippen molar-refractivity contribution in [2.45, 2.75) is 23.7 Å². The predicted molar refractivity (Wildman–Crippen MR) is 116 cm³/mol. The Hall–Kier alpha value is -2.57. The highest BCUT2D eigenvalue weighted by molar-refractivity contribution is 7.90. The van der Waals surface area contributed by atoms with Crippen molar-refractivity contribution in [2.24, 2.45) is 0 Å². The van der Waals surface area contributed by atoms with Crippen LogP contribution in [0.15, 0.2) is 77.7 Å². The first-order valence-corrected chi connectivity index (χ1v) is 11.9. The fourth-order valence-electron chi connectivity index (χ4n) is 3.30. The van der Waals surface area contributed by atoms with E-state index in [1.807, 2.05) is 12.2 Å². The van der Waals surface area contributed by atoms with E-state index in [9.17, 15) is 12.8 Å². The maximum atomic E-state index is 13.4. The number of hydrogen-bond acceptors (Lipinski definition) is 4. The van der Waals surface area contributed by atoms with Gasteiger partial charge >= 0.3 is 0 Å². The van der Waals surface area contributed by atoms with Gasteiger partial charge in [0.2, 0.25) is 0 Å². The second kappa shape index (κ2) is 7.35. The lowest BCUT2D eigenvalue weighted by molar-refractivity contribution is 0.595. The number of hydrogen-bond donors (Lipinski definition) is 0. The SMILES string of the molecule is CC1(c2nc(-c3ccc(F)cc3)c(-c3ccc(S(C)(=O)=O)cc3)s2)C=CC=CC1. The number of nitrogens with zero attached hydrogens (tertiary/aromatic N) is 1. The number of benzene rings is 2. The summed E-state index contributed by atoms with van der Waals surface area (Å²) in [7, 11) is -3.26. The molecule has 1 atom stereocenters. The van der Waals surface area contributed by atoms with E-state index in [0.29, 0.717) is 0 Å². The average Bonchev–Trinajstić information content (AvgIpc) is 3.15. The largest absolute Gasteiger partial charge is 0.240 e. The van der Waals surface area contributed by atoms with Gasteiger partial charge in [0, 0.05) is 17.2 Å². The Labute approximate surface area is 174 Å². The molecule has 1 aliphatic carbocycles. The molecule has 0 saturated carbocycles. The molecule has 0 radical (unpaired) electrons. The molecule has 1 aliphatic rings. The molecule has 0 aliphatic heterocycles. The van der Waals surface area contributed by atoms with Gasteiger partial charge in [-0.2, -0.15) is 0 Å². The van der Waals surface area contributed by atoms with Gasteiger partial charge in [-0.3, -0.25) is 0 Å². The molecule has 6 heteroatoms. The van der Waals surface area contributed by atoms with Crippen molar-refractivity contribution in [3.8, 4) is 21.7 Å². The van der Waals surface area contributed by atoms with Crippen LogP contribution < -0.4 is 0 Å². The maximum absolute atomic E-state index is 13.4. The van der Waals surface area contributed by atoms with Crippen LogP contribution in [0.5, 0.6) is 0 Å². The van der Waals surface area contributed by atoms with Gasteiger partial charge in [0.15, 0.2) is 9.84 Å². The van der Waals surface area contributed by atoms with Crippen LogP contribution in [0.3, 0.4) is 0 Å². The number of thiazole rings is 1. The molecule has 0 amide bonds. The highest BCUT2D eigenvalue weighted by atomic mass is 32.2. The van der Waals surface area contributed by atoms with E-state index in [1.54, 1.807) is 47.7 Å². The Bertz CT molecular complexity index is 1210. The van der Waals surface area contributed by atoms with Crippen LogP contribution in [0.25, 0.3) is 21.7 Å². The molecule has 0 saturated heterocycles. The second-order valence-electron chi connectivity index (χ2n) is 7.41. The van der Waals surface area contributed by atoms with Gasteiger partial charge in [-0.1, -0.05) is 36.4 Å². The average molecular weight is 426 g/mol. The summed E-state index contributed by atoms with van der Waals surface area (Å²) in [6.45, 7) is 2.15. The maximum Gasteiger partial charge on any atom is 0.175 e. The van der Waals surface area contributed by atoms with E-state index in [-0.39, 0.29) is 16.1 Å². The smallest absolute Gasteiger partial charge is 0.175 e. The second-order valence-corrected chi connectivity index (χ2v) is 10.4. The van der Waals surface area contributed by atoms with Crippen LogP contribution in [0, 0.1) is 5.82 Å². The Balaban J connectivity index is 1.86. The molecule has 1 heterocycles. The molecule has 4 rings (SSSR count). The van der Waals surface area contributed by atoms with Crippen molar-refractivity contribution in [1.29, 1.82) is 0 Å². The number of halogens is 1. The normalized spacial score (nSPS) is 18.9. The van der Waals surface area contributed by atoms with Gasteiger partial charge in [-0.05, 0) is 55.3 Å². The van der Waals surface area contributed by atoms with Crippen LogP contribution in [-0.4, -0.2) is 19.7 Å². The Morgan fingerprint density at radius 2 is 1.66 bits per heavy atom. The first kappa shape index (κ1) is 19.7. The minimum atomic E-state index is -3.26. The van der Waals surface area contributed by atoms with Crippen LogP contribution in [0.2, 0.25) is 0 Å². The topological polar surface area (TPSA) is 47.0 Å². The van der Waals surface area contributed by atoms with Crippen molar-refractivity contribution >= 4 is 21.2 Å². The summed E-state index contributed by atoms with van der Waals surface area (Å²) in [5.41, 5.74) is 2.29. The van der Waals surface area contributed by atoms with Gasteiger partial charge in [0.1, 0.15) is 10.8 Å². The molecule has 2 aromatic carbocycles. The summed E-state index contributed by atoms with van der Waals surface area (Å²) in [6, 6.07) is 13.1. The van der Waals surface area contributed by atoms with Crippen molar-refractivity contribution < 1.29 is 12.8 Å². The molecule has 3 nitrogen and oxygen atoms in total. The zero-order chi connectivity index (χ0) is 20.6. The number of aromatic nitrogens is 1. The molecule has 0 N–H and O–H groups in total. The first-order valence-electron chi connectivity index (χ1n) is 9.18. The summed E-state index contributed by atoms with van der Waals surface area (Å²) in [6.07, 6.45) is 10.4. The molecular weight excluding hydrogens is 405 g/mol. The fourth-order valence-corrected chi connectivity index (χ4v) is 5.16. The molecule has 1 aromatic heterocycles. The number of allylic oxidation sites excluding steroid dienone is 4. The Kier molecular flexibility index (Phi) is 5.00. The molecule has 1 unspecified atom stereocenters. The molecule has 0 spiro atoms. The third kappa shape index (κ3) is 3.95. The van der Waals surface area contributed by atoms with Gasteiger partial charge in [0.25, 0.3) is 0 Å². The predicted octanol–water partition coefficient (Wildman–Crippen LogP) is 5.79. The van der Waals surface area contributed by atoms with E-state index in [1.165, 1.54) is 18.4 Å². The van der Waals surface area contributed by atoms with Gasteiger partial charge in [-0.15, -0.1) is 11.3 Å². The van der Waals surface area contributed by atoms with E-state index < -0.39 is 9.84 Å². The lowest BCUT2D eigenvalue weighted by Crippen LogP contribution is -2.18. The summed E-state index contributed by atoms with van der Waals surface area (Å²) < 4.78 is 37.0. The minimum absolute atomic E-state index is 0.209. The van der Waals surface area contributed by atoms with Gasteiger partial charge in [-0.25, -0.2) is 17.8 Å². The lowest BCUT2D eigenvalue weighted by Gasteiger charge is -2.23. The summed E-state index contributed by atoms with van der Waals surface area (Å²) in [5, 5.41) is 0.972. The van der Waals surface area contributed by atoms with Gasteiger partial charge in [0.05, 0.1) is 15.5 Å². The zero-order valence-electron chi connectivity index (χ0n) is 16.1. The molecule has 29 heavy (non-hydrogen) atoms. The van der Waals surface area contributed by atoms with E-state index in [0.717, 1.165) is 33.1 Å². The van der Waals surface area contributed by atoms with E-state index >= 15 is 0 Å². The van der Waals surface area contributed by atoms with Gasteiger partial charge < -0.3 is 0 Å². The minimum Gasteiger partial charge on any atom is -0.240 e. The van der Waals surface area contributed by atoms with Crippen molar-refractivity contribution in [3.63, 3.8) is 0 Å². The van der Waals surface area contributed by atoms with Crippen molar-refractivity contribution in [3.05, 3.63) is 83.7 Å². The van der Waals surface area contributed by atoms with Crippen LogP contribution >= 0.6 is 11.3 Å². The summed E-state index contributed by atoms with van der Waals surface area (Å²) in [4.78, 5) is 6.17. The van der Waals surface area contributed by atoms with E-state index in [4.69, 9.17) is 4.98 Å². The van der Waals surface area contributed by atoms with Crippen molar-refractivity contribution in [2.75, 3.05) is 6.26 Å². The number of sulfone groups is 1. The Morgan fingerprint density at radius 1 is 1.00 bits per heavy atom. The quantitative estimate of drug-likeness (QED) is 0.531.